The van der Waals surface area contributed by atoms with Crippen LogP contribution in [0.25, 0.3) is 0 Å². The van der Waals surface area contributed by atoms with Crippen molar-refractivity contribution in [2.75, 3.05) is 20.2 Å². The van der Waals surface area contributed by atoms with E-state index >= 15 is 0 Å². The Kier molecular flexibility index (Phi) is 3.19. The number of Topliss-reactive ketones (excluding diaryl/α,β-unsaturated/α-hetero) is 1. The number of ketones is 1. The molecule has 1 aromatic rings. The second-order valence-electron chi connectivity index (χ2n) is 4.16. The summed E-state index contributed by atoms with van der Waals surface area (Å²) >= 11 is 0. The van der Waals surface area contributed by atoms with Crippen LogP contribution in [0.15, 0.2) is 18.3 Å². The number of nitrogens with one attached hydrogen (secondary N) is 1. The summed E-state index contributed by atoms with van der Waals surface area (Å²) in [5.41, 5.74) is 0.450. The van der Waals surface area contributed by atoms with Gasteiger partial charge in [-0.3, -0.25) is 4.79 Å². The van der Waals surface area contributed by atoms with E-state index < -0.39 is 0 Å². The third kappa shape index (κ3) is 1.93. The molecule has 0 saturated carbocycles. The van der Waals surface area contributed by atoms with Gasteiger partial charge in [0.15, 0.2) is 5.78 Å². The fourth-order valence-corrected chi connectivity index (χ4v) is 2.08. The van der Waals surface area contributed by atoms with Gasteiger partial charge in [0.05, 0.1) is 7.11 Å². The number of methoxy groups -OCH3 is 1. The lowest BCUT2D eigenvalue weighted by Crippen LogP contribution is -2.22. The molecule has 86 valence electrons. The lowest BCUT2D eigenvalue weighted by atomic mass is 9.91. The highest BCUT2D eigenvalue weighted by Crippen LogP contribution is 2.24. The Hall–Kier alpha value is -1.42. The fraction of sp³-hybridized carbons (Fsp3) is 0.500. The lowest BCUT2D eigenvalue weighted by molar-refractivity contribution is 0.0899. The molecule has 4 nitrogen and oxygen atoms in total. The van der Waals surface area contributed by atoms with Gasteiger partial charge < -0.3 is 10.1 Å². The zero-order valence-corrected chi connectivity index (χ0v) is 9.56. The molecule has 0 bridgehead atoms. The molecule has 0 aliphatic carbocycles. The average Bonchev–Trinajstić information content (AvgIpc) is 2.74. The molecule has 2 atom stereocenters. The normalized spacial score (nSPS) is 24.4. The molecule has 16 heavy (non-hydrogen) atoms. The van der Waals surface area contributed by atoms with Crippen LogP contribution in [0.3, 0.4) is 0 Å². The molecule has 1 aliphatic rings. The van der Waals surface area contributed by atoms with Crippen LogP contribution < -0.4 is 10.1 Å². The summed E-state index contributed by atoms with van der Waals surface area (Å²) in [4.78, 5) is 16.4. The van der Waals surface area contributed by atoms with Gasteiger partial charge in [-0.2, -0.15) is 0 Å². The van der Waals surface area contributed by atoms with Gasteiger partial charge in [0.1, 0.15) is 11.4 Å². The van der Waals surface area contributed by atoms with Crippen LogP contribution in [0, 0.1) is 11.8 Å². The van der Waals surface area contributed by atoms with E-state index in [0.29, 0.717) is 17.4 Å². The van der Waals surface area contributed by atoms with Crippen molar-refractivity contribution in [3.8, 4) is 5.75 Å². The average molecular weight is 220 g/mol. The Balaban J connectivity index is 2.26. The largest absolute Gasteiger partial charge is 0.494 e. The number of ether oxygens (including phenoxy) is 1. The monoisotopic (exact) mass is 220 g/mol. The molecule has 2 rings (SSSR count). The molecule has 1 fully saturated rings. The first kappa shape index (κ1) is 11.1. The van der Waals surface area contributed by atoms with E-state index in [2.05, 4.69) is 17.2 Å². The first-order chi connectivity index (χ1) is 7.74. The number of pyridine rings is 1. The van der Waals surface area contributed by atoms with Gasteiger partial charge in [0.2, 0.25) is 0 Å². The Morgan fingerprint density at radius 2 is 2.38 bits per heavy atom. The molecule has 2 unspecified atom stereocenters. The molecule has 4 heteroatoms. The van der Waals surface area contributed by atoms with E-state index in [9.17, 15) is 4.79 Å². The van der Waals surface area contributed by atoms with E-state index in [-0.39, 0.29) is 11.7 Å². The summed E-state index contributed by atoms with van der Waals surface area (Å²) < 4.78 is 5.16. The summed E-state index contributed by atoms with van der Waals surface area (Å²) in [6.07, 6.45) is 1.63. The second-order valence-corrected chi connectivity index (χ2v) is 4.16. The first-order valence-electron chi connectivity index (χ1n) is 5.48. The quantitative estimate of drug-likeness (QED) is 0.776. The van der Waals surface area contributed by atoms with Crippen LogP contribution in [0.1, 0.15) is 17.4 Å². The standard InChI is InChI=1S/C12H16N2O2/c1-8-6-13-7-9(8)12(15)11-10(16-2)4-3-5-14-11/h3-5,8-9,13H,6-7H2,1-2H3. The molecule has 2 heterocycles. The molecule has 0 spiro atoms. The van der Waals surface area contributed by atoms with Gasteiger partial charge in [-0.25, -0.2) is 4.98 Å². The zero-order valence-electron chi connectivity index (χ0n) is 9.56. The number of carbonyl (C=O) groups is 1. The lowest BCUT2D eigenvalue weighted by Gasteiger charge is -2.13. The molecule has 1 aromatic heterocycles. The van der Waals surface area contributed by atoms with E-state index in [4.69, 9.17) is 4.74 Å². The topological polar surface area (TPSA) is 51.2 Å². The van der Waals surface area contributed by atoms with E-state index in [1.165, 1.54) is 0 Å². The predicted molar refractivity (Wildman–Crippen MR) is 60.6 cm³/mol. The summed E-state index contributed by atoms with van der Waals surface area (Å²) in [5, 5.41) is 3.22. The van der Waals surface area contributed by atoms with Crippen molar-refractivity contribution in [1.29, 1.82) is 0 Å². The smallest absolute Gasteiger partial charge is 0.189 e. The van der Waals surface area contributed by atoms with Crippen molar-refractivity contribution in [3.05, 3.63) is 24.0 Å². The number of hydrogen-bond acceptors (Lipinski definition) is 4. The molecule has 1 aliphatic heterocycles. The SMILES string of the molecule is COc1cccnc1C(=O)C1CNCC1C. The van der Waals surface area contributed by atoms with Crippen molar-refractivity contribution in [1.82, 2.24) is 10.3 Å². The van der Waals surface area contributed by atoms with Gasteiger partial charge in [-0.15, -0.1) is 0 Å². The maximum Gasteiger partial charge on any atom is 0.189 e. The molecule has 1 N–H and O–H groups in total. The van der Waals surface area contributed by atoms with Gasteiger partial charge >= 0.3 is 0 Å². The molecular weight excluding hydrogens is 204 g/mol. The summed E-state index contributed by atoms with van der Waals surface area (Å²) in [6, 6.07) is 3.54. The van der Waals surface area contributed by atoms with Crippen LogP contribution in [-0.4, -0.2) is 31.0 Å². The molecular formula is C12H16N2O2. The van der Waals surface area contributed by atoms with Crippen molar-refractivity contribution in [3.63, 3.8) is 0 Å². The molecule has 0 amide bonds. The minimum Gasteiger partial charge on any atom is -0.494 e. The van der Waals surface area contributed by atoms with Gasteiger partial charge in [0, 0.05) is 18.7 Å². The van der Waals surface area contributed by atoms with Crippen molar-refractivity contribution >= 4 is 5.78 Å². The van der Waals surface area contributed by atoms with Crippen LogP contribution in [0.5, 0.6) is 5.75 Å². The highest BCUT2D eigenvalue weighted by atomic mass is 16.5. The molecule has 0 radical (unpaired) electrons. The van der Waals surface area contributed by atoms with Gasteiger partial charge in [0.25, 0.3) is 0 Å². The van der Waals surface area contributed by atoms with Crippen LogP contribution in [-0.2, 0) is 0 Å². The second kappa shape index (κ2) is 4.61. The van der Waals surface area contributed by atoms with Gasteiger partial charge in [-0.05, 0) is 24.6 Å². The van der Waals surface area contributed by atoms with Gasteiger partial charge in [-0.1, -0.05) is 6.92 Å². The van der Waals surface area contributed by atoms with E-state index in [1.807, 2.05) is 0 Å². The Morgan fingerprint density at radius 3 is 3.00 bits per heavy atom. The highest BCUT2D eigenvalue weighted by Gasteiger charge is 2.32. The number of rotatable bonds is 3. The number of hydrogen-bond donors (Lipinski definition) is 1. The van der Waals surface area contributed by atoms with Crippen molar-refractivity contribution < 1.29 is 9.53 Å². The Bertz CT molecular complexity index is 392. The maximum absolute atomic E-state index is 12.3. The maximum atomic E-state index is 12.3. The third-order valence-corrected chi connectivity index (χ3v) is 3.08. The number of aromatic nitrogens is 1. The minimum absolute atomic E-state index is 0.0174. The number of carbonyl (C=O) groups excluding carboxylic acids is 1. The molecule has 0 aromatic carbocycles. The highest BCUT2D eigenvalue weighted by molar-refractivity contribution is 5.98. The molecule has 1 saturated heterocycles. The van der Waals surface area contributed by atoms with Crippen LogP contribution in [0.2, 0.25) is 0 Å². The van der Waals surface area contributed by atoms with Crippen molar-refractivity contribution in [2.24, 2.45) is 11.8 Å². The summed E-state index contributed by atoms with van der Waals surface area (Å²) in [5.74, 6) is 1.02. The Morgan fingerprint density at radius 1 is 1.56 bits per heavy atom. The first-order valence-corrected chi connectivity index (χ1v) is 5.48. The summed E-state index contributed by atoms with van der Waals surface area (Å²) in [7, 11) is 1.56. The third-order valence-electron chi connectivity index (χ3n) is 3.08. The number of nitrogens with zero attached hydrogens (tertiary/aromatic N) is 1. The van der Waals surface area contributed by atoms with E-state index in [0.717, 1.165) is 13.1 Å². The predicted octanol–water partition coefficient (Wildman–Crippen LogP) is 1.13. The Labute approximate surface area is 95.0 Å². The summed E-state index contributed by atoms with van der Waals surface area (Å²) in [6.45, 7) is 3.71. The van der Waals surface area contributed by atoms with E-state index in [1.54, 1.807) is 25.4 Å². The zero-order chi connectivity index (χ0) is 11.5. The minimum atomic E-state index is 0.0174. The van der Waals surface area contributed by atoms with Crippen LogP contribution >= 0.6 is 0 Å². The van der Waals surface area contributed by atoms with Crippen LogP contribution in [0.4, 0.5) is 0 Å². The fourth-order valence-electron chi connectivity index (χ4n) is 2.08. The van der Waals surface area contributed by atoms with Crippen molar-refractivity contribution in [2.45, 2.75) is 6.92 Å².